The largest absolute Gasteiger partial charge is 0.486 e. The molecule has 1 aliphatic carbocycles. The summed E-state index contributed by atoms with van der Waals surface area (Å²) < 4.78 is 11.6. The number of ether oxygens (including phenoxy) is 2. The van der Waals surface area contributed by atoms with E-state index in [2.05, 4.69) is 10.2 Å². The normalized spacial score (nSPS) is 21.9. The molecular formula is C26H30Cl2N2O4. The highest BCUT2D eigenvalue weighted by Crippen LogP contribution is 2.36. The van der Waals surface area contributed by atoms with Gasteiger partial charge in [-0.3, -0.25) is 9.59 Å². The lowest BCUT2D eigenvalue weighted by atomic mass is 9.83. The highest BCUT2D eigenvalue weighted by atomic mass is 35.5. The Morgan fingerprint density at radius 1 is 1.06 bits per heavy atom. The minimum Gasteiger partial charge on any atom is -0.486 e. The number of rotatable bonds is 8. The van der Waals surface area contributed by atoms with E-state index in [-0.39, 0.29) is 24.3 Å². The molecule has 0 aromatic heterocycles. The van der Waals surface area contributed by atoms with Gasteiger partial charge in [-0.2, -0.15) is 0 Å². The van der Waals surface area contributed by atoms with E-state index in [4.69, 9.17) is 32.7 Å². The number of ketones is 1. The van der Waals surface area contributed by atoms with Crippen molar-refractivity contribution in [3.8, 4) is 11.5 Å². The zero-order valence-corrected chi connectivity index (χ0v) is 20.8. The SMILES string of the molecule is CCN1CC(C(=O)NC2CCC(CC(=O)COc3ccc(Cl)cc3)CC2)Oc2ccc(Cl)cc21. The van der Waals surface area contributed by atoms with Crippen LogP contribution in [0.25, 0.3) is 0 Å². The van der Waals surface area contributed by atoms with Crippen molar-refractivity contribution in [2.75, 3.05) is 24.6 Å². The van der Waals surface area contributed by atoms with Crippen LogP contribution in [-0.4, -0.2) is 43.5 Å². The van der Waals surface area contributed by atoms with Gasteiger partial charge in [0.15, 0.2) is 11.9 Å². The predicted molar refractivity (Wildman–Crippen MR) is 134 cm³/mol. The van der Waals surface area contributed by atoms with Crippen LogP contribution in [0, 0.1) is 5.92 Å². The van der Waals surface area contributed by atoms with Crippen molar-refractivity contribution in [3.63, 3.8) is 0 Å². The molecule has 1 saturated carbocycles. The van der Waals surface area contributed by atoms with Gasteiger partial charge in [-0.05, 0) is 81.0 Å². The number of nitrogens with one attached hydrogen (secondary N) is 1. The van der Waals surface area contributed by atoms with Crippen LogP contribution in [0.4, 0.5) is 5.69 Å². The summed E-state index contributed by atoms with van der Waals surface area (Å²) in [7, 11) is 0. The molecule has 1 atom stereocenters. The molecule has 1 amide bonds. The Bertz CT molecular complexity index is 1010. The first-order valence-corrected chi connectivity index (χ1v) is 12.6. The highest BCUT2D eigenvalue weighted by Gasteiger charge is 2.32. The van der Waals surface area contributed by atoms with Crippen LogP contribution in [0.3, 0.4) is 0 Å². The molecule has 0 radical (unpaired) electrons. The van der Waals surface area contributed by atoms with E-state index in [1.165, 1.54) is 0 Å². The molecule has 0 bridgehead atoms. The van der Waals surface area contributed by atoms with E-state index in [1.54, 1.807) is 30.3 Å². The Labute approximate surface area is 210 Å². The molecule has 1 fully saturated rings. The van der Waals surface area contributed by atoms with E-state index >= 15 is 0 Å². The van der Waals surface area contributed by atoms with Crippen LogP contribution >= 0.6 is 23.2 Å². The number of carbonyl (C=O) groups is 2. The molecule has 6 nitrogen and oxygen atoms in total. The van der Waals surface area contributed by atoms with Gasteiger partial charge in [0, 0.05) is 29.1 Å². The summed E-state index contributed by atoms with van der Waals surface area (Å²) in [5, 5.41) is 4.45. The van der Waals surface area contributed by atoms with Crippen molar-refractivity contribution in [3.05, 3.63) is 52.5 Å². The molecule has 2 aliphatic rings. The van der Waals surface area contributed by atoms with E-state index in [9.17, 15) is 9.59 Å². The number of anilines is 1. The van der Waals surface area contributed by atoms with Crippen LogP contribution < -0.4 is 19.7 Å². The quantitative estimate of drug-likeness (QED) is 0.528. The molecule has 0 saturated heterocycles. The van der Waals surface area contributed by atoms with Gasteiger partial charge in [0.2, 0.25) is 0 Å². The smallest absolute Gasteiger partial charge is 0.263 e. The molecular weight excluding hydrogens is 475 g/mol. The fraction of sp³-hybridized carbons (Fsp3) is 0.462. The summed E-state index contributed by atoms with van der Waals surface area (Å²) in [5.74, 6) is 1.65. The molecule has 8 heteroatoms. The first-order valence-electron chi connectivity index (χ1n) is 11.8. The number of hydrogen-bond donors (Lipinski definition) is 1. The Hall–Kier alpha value is -2.44. The van der Waals surface area contributed by atoms with Crippen LogP contribution in [0.1, 0.15) is 39.0 Å². The van der Waals surface area contributed by atoms with E-state index < -0.39 is 6.10 Å². The minimum absolute atomic E-state index is 0.0674. The topological polar surface area (TPSA) is 67.9 Å². The average Bonchev–Trinajstić information content (AvgIpc) is 2.84. The number of hydrogen-bond acceptors (Lipinski definition) is 5. The summed E-state index contributed by atoms with van der Waals surface area (Å²) in [4.78, 5) is 27.4. The molecule has 2 aromatic rings. The maximum absolute atomic E-state index is 12.9. The number of nitrogens with zero attached hydrogens (tertiary/aromatic N) is 1. The molecule has 182 valence electrons. The highest BCUT2D eigenvalue weighted by molar-refractivity contribution is 6.31. The molecule has 1 N–H and O–H groups in total. The number of benzene rings is 2. The Morgan fingerprint density at radius 2 is 1.76 bits per heavy atom. The van der Waals surface area contributed by atoms with Crippen molar-refractivity contribution in [2.24, 2.45) is 5.92 Å². The van der Waals surface area contributed by atoms with Crippen LogP contribution in [0.15, 0.2) is 42.5 Å². The van der Waals surface area contributed by atoms with E-state index in [1.807, 2.05) is 19.1 Å². The number of amides is 1. The predicted octanol–water partition coefficient (Wildman–Crippen LogP) is 5.29. The lowest BCUT2D eigenvalue weighted by Crippen LogP contribution is -2.51. The Morgan fingerprint density at radius 3 is 2.47 bits per heavy atom. The Balaban J connectivity index is 1.21. The fourth-order valence-corrected chi connectivity index (χ4v) is 4.94. The average molecular weight is 505 g/mol. The van der Waals surface area contributed by atoms with Gasteiger partial charge in [0.1, 0.15) is 18.1 Å². The molecule has 2 aromatic carbocycles. The number of halogens is 2. The standard InChI is InChI=1S/C26H30Cl2N2O4/c1-2-30-15-25(34-24-12-7-19(28)14-23(24)30)26(32)29-20-8-3-17(4-9-20)13-21(31)16-33-22-10-5-18(27)6-11-22/h5-7,10-12,14,17,20,25H,2-4,8-9,13,15-16H2,1H3,(H,29,32). The molecule has 1 aliphatic heterocycles. The second-order valence-electron chi connectivity index (χ2n) is 8.97. The van der Waals surface area contributed by atoms with Gasteiger partial charge < -0.3 is 19.7 Å². The molecule has 0 spiro atoms. The van der Waals surface area contributed by atoms with Gasteiger partial charge in [0.05, 0.1) is 12.2 Å². The number of carbonyl (C=O) groups excluding carboxylic acids is 2. The summed E-state index contributed by atoms with van der Waals surface area (Å²) in [6.07, 6.45) is 3.48. The van der Waals surface area contributed by atoms with E-state index in [0.29, 0.717) is 40.4 Å². The third kappa shape index (κ3) is 6.36. The summed E-state index contributed by atoms with van der Waals surface area (Å²) >= 11 is 12.0. The lowest BCUT2D eigenvalue weighted by molar-refractivity contribution is -0.129. The summed E-state index contributed by atoms with van der Waals surface area (Å²) in [6, 6.07) is 12.6. The van der Waals surface area contributed by atoms with Gasteiger partial charge in [-0.15, -0.1) is 0 Å². The number of Topliss-reactive ketones (excluding diaryl/α,β-unsaturated/α-hetero) is 1. The summed E-state index contributed by atoms with van der Waals surface area (Å²) in [5.41, 5.74) is 0.921. The van der Waals surface area contributed by atoms with Gasteiger partial charge in [-0.1, -0.05) is 23.2 Å². The monoisotopic (exact) mass is 504 g/mol. The van der Waals surface area contributed by atoms with Crippen molar-refractivity contribution in [1.82, 2.24) is 5.32 Å². The van der Waals surface area contributed by atoms with Crippen molar-refractivity contribution in [1.29, 1.82) is 0 Å². The first-order chi connectivity index (χ1) is 16.4. The summed E-state index contributed by atoms with van der Waals surface area (Å²) in [6.45, 7) is 3.38. The third-order valence-electron chi connectivity index (χ3n) is 6.51. The molecule has 1 heterocycles. The zero-order valence-electron chi connectivity index (χ0n) is 19.3. The zero-order chi connectivity index (χ0) is 24.1. The second kappa shape index (κ2) is 11.3. The lowest BCUT2D eigenvalue weighted by Gasteiger charge is -2.36. The maximum atomic E-state index is 12.9. The third-order valence-corrected chi connectivity index (χ3v) is 7.00. The molecule has 4 rings (SSSR count). The van der Waals surface area contributed by atoms with Crippen LogP contribution in [-0.2, 0) is 9.59 Å². The molecule has 1 unspecified atom stereocenters. The van der Waals surface area contributed by atoms with Crippen molar-refractivity contribution in [2.45, 2.75) is 51.2 Å². The second-order valence-corrected chi connectivity index (χ2v) is 9.84. The molecule has 34 heavy (non-hydrogen) atoms. The van der Waals surface area contributed by atoms with Crippen molar-refractivity contribution < 1.29 is 19.1 Å². The van der Waals surface area contributed by atoms with E-state index in [0.717, 1.165) is 37.9 Å². The number of likely N-dealkylation sites (N-methyl/N-ethyl adjacent to an activating group) is 1. The van der Waals surface area contributed by atoms with Gasteiger partial charge >= 0.3 is 0 Å². The fourth-order valence-electron chi connectivity index (χ4n) is 4.64. The van der Waals surface area contributed by atoms with Gasteiger partial charge in [-0.25, -0.2) is 0 Å². The first kappa shape index (κ1) is 24.7. The Kier molecular flexibility index (Phi) is 8.22. The number of fused-ring (bicyclic) bond motifs is 1. The minimum atomic E-state index is -0.557. The van der Waals surface area contributed by atoms with Crippen molar-refractivity contribution >= 4 is 40.6 Å². The van der Waals surface area contributed by atoms with Crippen LogP contribution in [0.2, 0.25) is 10.0 Å². The van der Waals surface area contributed by atoms with Crippen LogP contribution in [0.5, 0.6) is 11.5 Å². The van der Waals surface area contributed by atoms with Gasteiger partial charge in [0.25, 0.3) is 5.91 Å². The maximum Gasteiger partial charge on any atom is 0.263 e.